The molecule has 8 N–H and O–H groups in total. The molecule has 1 aromatic carbocycles. The van der Waals surface area contributed by atoms with Gasteiger partial charge in [0.05, 0.1) is 24.7 Å². The molecule has 19 heteroatoms. The third kappa shape index (κ3) is 12.1. The maximum absolute atomic E-state index is 12.9. The van der Waals surface area contributed by atoms with Crippen LogP contribution in [-0.2, 0) is 24.0 Å². The first-order valence-electron chi connectivity index (χ1n) is 15.9. The zero-order chi connectivity index (χ0) is 36.1. The molecule has 268 valence electrons. The van der Waals surface area contributed by atoms with E-state index in [0.717, 1.165) is 0 Å². The quantitative estimate of drug-likeness (QED) is 0.0518. The third-order valence-corrected chi connectivity index (χ3v) is 8.44. The Morgan fingerprint density at radius 3 is 1.96 bits per heavy atom. The minimum Gasteiger partial charge on any atom is -0.480 e. The number of hydrogen-bond donors (Lipinski definition) is 8. The lowest BCUT2D eigenvalue weighted by Gasteiger charge is -2.30. The van der Waals surface area contributed by atoms with Gasteiger partial charge >= 0.3 is 25.0 Å². The number of carbonyl (C=O) groups excluding carboxylic acids is 3. The fraction of sp³-hybridized carbons (Fsp3) is 0.533. The number of nitrogens with one attached hydrogen (secondary N) is 3. The zero-order valence-corrected chi connectivity index (χ0v) is 27.1. The smallest absolute Gasteiger partial charge is 0.475 e. The van der Waals surface area contributed by atoms with Crippen LogP contribution in [0.2, 0.25) is 0 Å². The first-order chi connectivity index (χ1) is 23.3. The number of carbonyl (C=O) groups is 6. The molecule has 0 aromatic heterocycles. The third-order valence-electron chi connectivity index (χ3n) is 8.44. The molecule has 18 nitrogen and oxygen atoms in total. The molecule has 2 heterocycles. The molecule has 49 heavy (non-hydrogen) atoms. The number of carboxylic acid groups (broad SMARTS) is 3. The molecule has 2 aliphatic rings. The summed E-state index contributed by atoms with van der Waals surface area (Å²) in [6.07, 6.45) is 2.03. The van der Waals surface area contributed by atoms with E-state index >= 15 is 0 Å². The van der Waals surface area contributed by atoms with Gasteiger partial charge in [0, 0.05) is 57.8 Å². The highest BCUT2D eigenvalue weighted by Gasteiger charge is 2.39. The maximum Gasteiger partial charge on any atom is 0.475 e. The predicted molar refractivity (Wildman–Crippen MR) is 175 cm³/mol. The molecule has 0 aliphatic carbocycles. The number of amides is 3. The molecule has 2 aliphatic heterocycles. The minimum atomic E-state index is -1.70. The first kappa shape index (κ1) is 38.9. The second-order valence-electron chi connectivity index (χ2n) is 11.9. The van der Waals surface area contributed by atoms with Gasteiger partial charge in [0.25, 0.3) is 5.91 Å². The van der Waals surface area contributed by atoms with Crippen molar-refractivity contribution in [3.8, 4) is 0 Å². The van der Waals surface area contributed by atoms with Gasteiger partial charge in [-0.2, -0.15) is 0 Å². The Morgan fingerprint density at radius 1 is 0.878 bits per heavy atom. The number of benzene rings is 1. The van der Waals surface area contributed by atoms with E-state index in [4.69, 9.17) is 0 Å². The summed E-state index contributed by atoms with van der Waals surface area (Å²) in [6.45, 7) is 4.88. The van der Waals surface area contributed by atoms with Crippen LogP contribution in [0.4, 0.5) is 5.69 Å². The number of carboxylic acids is 3. The van der Waals surface area contributed by atoms with Gasteiger partial charge in [0.1, 0.15) is 12.1 Å². The summed E-state index contributed by atoms with van der Waals surface area (Å²) < 4.78 is 0. The summed E-state index contributed by atoms with van der Waals surface area (Å²) in [5.74, 6) is -5.65. The highest BCUT2D eigenvalue weighted by atomic mass is 16.4. The van der Waals surface area contributed by atoms with Crippen LogP contribution >= 0.6 is 0 Å². The van der Waals surface area contributed by atoms with Gasteiger partial charge in [-0.1, -0.05) is 6.08 Å². The summed E-state index contributed by atoms with van der Waals surface area (Å²) in [6, 6.07) is 3.75. The Balaban J connectivity index is 1.53. The first-order valence-corrected chi connectivity index (χ1v) is 15.9. The van der Waals surface area contributed by atoms with Gasteiger partial charge < -0.3 is 35.6 Å². The molecular weight excluding hydrogens is 645 g/mol. The molecular formula is C30H44BN7O11. The van der Waals surface area contributed by atoms with E-state index in [1.165, 1.54) is 35.2 Å². The van der Waals surface area contributed by atoms with Crippen molar-refractivity contribution < 1.29 is 54.1 Å². The molecule has 3 rings (SSSR count). The molecule has 2 saturated heterocycles. The van der Waals surface area contributed by atoms with Gasteiger partial charge in [-0.05, 0) is 43.5 Å². The van der Waals surface area contributed by atoms with Crippen molar-refractivity contribution in [3.63, 3.8) is 0 Å². The van der Waals surface area contributed by atoms with Crippen molar-refractivity contribution in [2.45, 2.75) is 43.7 Å². The average molecular weight is 690 g/mol. The predicted octanol–water partition coefficient (Wildman–Crippen LogP) is -2.26. The number of nitrogens with zero attached hydrogens (tertiary/aromatic N) is 4. The van der Waals surface area contributed by atoms with Crippen LogP contribution in [0.3, 0.4) is 0 Å². The SMILES string of the molecule is C=C[C@@H](NC(=O)c1ccc(NNC(=O)CCC(C(=O)O)N2CCN(CC(=O)O)CCN(CC(=O)O)CC2)cc1)C(=O)N1CCC[C@H]1B(O)O. The number of hydrogen-bond acceptors (Lipinski definition) is 12. The highest BCUT2D eigenvalue weighted by Crippen LogP contribution is 2.20. The lowest BCUT2D eigenvalue weighted by atomic mass is 9.78. The lowest BCUT2D eigenvalue weighted by Crippen LogP contribution is -2.53. The number of rotatable bonds is 16. The van der Waals surface area contributed by atoms with E-state index in [1.54, 1.807) is 14.7 Å². The molecule has 3 amide bonds. The Kier molecular flexibility index (Phi) is 15.0. The zero-order valence-electron chi connectivity index (χ0n) is 27.1. The summed E-state index contributed by atoms with van der Waals surface area (Å²) in [5, 5.41) is 50.2. The molecule has 0 bridgehead atoms. The van der Waals surface area contributed by atoms with Crippen LogP contribution < -0.4 is 16.2 Å². The molecule has 0 saturated carbocycles. The van der Waals surface area contributed by atoms with Crippen LogP contribution in [0.15, 0.2) is 36.9 Å². The van der Waals surface area contributed by atoms with E-state index in [-0.39, 0.29) is 57.7 Å². The number of aliphatic carboxylic acids is 3. The Bertz CT molecular complexity index is 1320. The standard InChI is InChI=1S/C30H44BN7O11/c1-2-22(29(45)38-11-3-4-24(38)31(48)49)32-28(44)20-5-7-21(8-6-20)33-34-25(39)10-9-23(30(46)47)37-16-14-35(18-26(40)41)12-13-36(15-17-37)19-27(42)43/h2,5-8,22-24,33,48-49H,1,3-4,9-19H2,(H,32,44)(H,34,39)(H,40,41)(H,42,43)(H,46,47)/t22-,23?,24+/m1/s1. The van der Waals surface area contributed by atoms with Gasteiger partial charge in [0.15, 0.2) is 0 Å². The maximum atomic E-state index is 12.9. The summed E-state index contributed by atoms with van der Waals surface area (Å²) in [4.78, 5) is 79.4. The summed E-state index contributed by atoms with van der Waals surface area (Å²) >= 11 is 0. The second-order valence-corrected chi connectivity index (χ2v) is 11.9. The molecule has 0 radical (unpaired) electrons. The van der Waals surface area contributed by atoms with E-state index < -0.39 is 60.8 Å². The molecule has 2 fully saturated rings. The van der Waals surface area contributed by atoms with Crippen molar-refractivity contribution in [2.75, 3.05) is 64.3 Å². The normalized spacial score (nSPS) is 19.0. The van der Waals surface area contributed by atoms with E-state index in [0.29, 0.717) is 38.2 Å². The van der Waals surface area contributed by atoms with Crippen molar-refractivity contribution in [1.29, 1.82) is 0 Å². The monoisotopic (exact) mass is 689 g/mol. The fourth-order valence-corrected chi connectivity index (χ4v) is 5.81. The Morgan fingerprint density at radius 2 is 1.45 bits per heavy atom. The van der Waals surface area contributed by atoms with Gasteiger partial charge in [0.2, 0.25) is 11.8 Å². The topological polar surface area (TPSA) is 253 Å². The summed E-state index contributed by atoms with van der Waals surface area (Å²) in [5.41, 5.74) is 5.79. The van der Waals surface area contributed by atoms with E-state index in [9.17, 15) is 54.1 Å². The largest absolute Gasteiger partial charge is 0.480 e. The van der Waals surface area contributed by atoms with Gasteiger partial charge in [-0.15, -0.1) is 6.58 Å². The highest BCUT2D eigenvalue weighted by molar-refractivity contribution is 6.43. The van der Waals surface area contributed by atoms with Gasteiger partial charge in [-0.25, -0.2) is 0 Å². The van der Waals surface area contributed by atoms with Crippen LogP contribution in [0.1, 0.15) is 36.0 Å². The molecule has 1 aromatic rings. The molecule has 1 unspecified atom stereocenters. The van der Waals surface area contributed by atoms with Crippen LogP contribution in [0.25, 0.3) is 0 Å². The Labute approximate surface area is 283 Å². The van der Waals surface area contributed by atoms with E-state index in [2.05, 4.69) is 22.7 Å². The van der Waals surface area contributed by atoms with Crippen molar-refractivity contribution in [1.82, 2.24) is 30.3 Å². The minimum absolute atomic E-state index is 0.0710. The number of likely N-dealkylation sites (tertiary alicyclic amines) is 1. The van der Waals surface area contributed by atoms with Crippen molar-refractivity contribution in [2.24, 2.45) is 0 Å². The van der Waals surface area contributed by atoms with Gasteiger partial charge in [-0.3, -0.25) is 54.3 Å². The average Bonchev–Trinajstić information content (AvgIpc) is 3.57. The van der Waals surface area contributed by atoms with Crippen LogP contribution in [-0.4, -0.2) is 165 Å². The van der Waals surface area contributed by atoms with Crippen LogP contribution in [0, 0.1) is 0 Å². The number of hydrazine groups is 1. The molecule has 0 spiro atoms. The van der Waals surface area contributed by atoms with Crippen molar-refractivity contribution >= 4 is 48.4 Å². The summed E-state index contributed by atoms with van der Waals surface area (Å²) in [7, 11) is -1.70. The van der Waals surface area contributed by atoms with Crippen molar-refractivity contribution in [3.05, 3.63) is 42.5 Å². The lowest BCUT2D eigenvalue weighted by molar-refractivity contribution is -0.144. The Hall–Kier alpha value is -4.56. The van der Waals surface area contributed by atoms with Crippen LogP contribution in [0.5, 0.6) is 0 Å². The van der Waals surface area contributed by atoms with E-state index in [1.807, 2.05) is 0 Å². The molecule has 3 atom stereocenters. The fourth-order valence-electron chi connectivity index (χ4n) is 5.81. The number of anilines is 1. The second kappa shape index (κ2) is 18.8.